The maximum atomic E-state index is 5.30. The molecule has 0 unspecified atom stereocenters. The molecule has 0 radical (unpaired) electrons. The van der Waals surface area contributed by atoms with Crippen molar-refractivity contribution in [3.8, 4) is 5.75 Å². The SMILES string of the molecule is COc1ccccc1/C=N\NC(=S)N[C@@H]1CCCC[C@@H]1C. The van der Waals surface area contributed by atoms with Gasteiger partial charge in [0.1, 0.15) is 5.75 Å². The average molecular weight is 305 g/mol. The van der Waals surface area contributed by atoms with Gasteiger partial charge in [-0.1, -0.05) is 31.9 Å². The lowest BCUT2D eigenvalue weighted by Crippen LogP contribution is -2.44. The number of nitrogens with zero attached hydrogens (tertiary/aromatic N) is 1. The van der Waals surface area contributed by atoms with Gasteiger partial charge in [-0.3, -0.25) is 5.43 Å². The topological polar surface area (TPSA) is 45.6 Å². The number of para-hydroxylation sites is 1. The zero-order chi connectivity index (χ0) is 15.1. The molecule has 0 amide bonds. The summed E-state index contributed by atoms with van der Waals surface area (Å²) in [7, 11) is 1.65. The van der Waals surface area contributed by atoms with Gasteiger partial charge < -0.3 is 10.1 Å². The fraction of sp³-hybridized carbons (Fsp3) is 0.500. The molecule has 0 bridgehead atoms. The van der Waals surface area contributed by atoms with E-state index in [1.807, 2.05) is 24.3 Å². The van der Waals surface area contributed by atoms with Crippen LogP contribution in [0.15, 0.2) is 29.4 Å². The van der Waals surface area contributed by atoms with Gasteiger partial charge in [-0.25, -0.2) is 0 Å². The van der Waals surface area contributed by atoms with Crippen molar-refractivity contribution in [3.63, 3.8) is 0 Å². The Morgan fingerprint density at radius 1 is 1.33 bits per heavy atom. The van der Waals surface area contributed by atoms with Crippen LogP contribution in [0.25, 0.3) is 0 Å². The van der Waals surface area contributed by atoms with Gasteiger partial charge in [0.05, 0.1) is 13.3 Å². The highest BCUT2D eigenvalue weighted by Crippen LogP contribution is 2.23. The summed E-state index contributed by atoms with van der Waals surface area (Å²) in [4.78, 5) is 0. The Morgan fingerprint density at radius 2 is 2.10 bits per heavy atom. The van der Waals surface area contributed by atoms with Crippen molar-refractivity contribution in [2.24, 2.45) is 11.0 Å². The quantitative estimate of drug-likeness (QED) is 0.510. The summed E-state index contributed by atoms with van der Waals surface area (Å²) < 4.78 is 5.27. The van der Waals surface area contributed by atoms with Gasteiger partial charge in [0.2, 0.25) is 0 Å². The fourth-order valence-electron chi connectivity index (χ4n) is 2.66. The van der Waals surface area contributed by atoms with E-state index in [0.29, 0.717) is 17.1 Å². The average Bonchev–Trinajstić information content (AvgIpc) is 2.50. The van der Waals surface area contributed by atoms with Crippen LogP contribution in [0.4, 0.5) is 0 Å². The third kappa shape index (κ3) is 4.70. The second-order valence-electron chi connectivity index (χ2n) is 5.45. The molecular formula is C16H23N3OS. The number of hydrogen-bond acceptors (Lipinski definition) is 3. The summed E-state index contributed by atoms with van der Waals surface area (Å²) in [6, 6.07) is 8.19. The Bertz CT molecular complexity index is 504. The van der Waals surface area contributed by atoms with Crippen molar-refractivity contribution in [2.75, 3.05) is 7.11 Å². The normalized spacial score (nSPS) is 22.0. The number of thiocarbonyl (C=S) groups is 1. The highest BCUT2D eigenvalue weighted by molar-refractivity contribution is 7.80. The molecule has 0 aliphatic heterocycles. The number of ether oxygens (including phenoxy) is 1. The molecule has 1 aliphatic rings. The fourth-order valence-corrected chi connectivity index (χ4v) is 2.87. The Labute approximate surface area is 132 Å². The van der Waals surface area contributed by atoms with Crippen LogP contribution in [-0.4, -0.2) is 24.5 Å². The van der Waals surface area contributed by atoms with Crippen molar-refractivity contribution in [1.29, 1.82) is 0 Å². The molecule has 4 nitrogen and oxygen atoms in total. The molecule has 1 aliphatic carbocycles. The first-order valence-corrected chi connectivity index (χ1v) is 7.84. The van der Waals surface area contributed by atoms with Crippen LogP contribution < -0.4 is 15.5 Å². The van der Waals surface area contributed by atoms with Crippen molar-refractivity contribution in [1.82, 2.24) is 10.7 Å². The van der Waals surface area contributed by atoms with Crippen molar-refractivity contribution in [3.05, 3.63) is 29.8 Å². The van der Waals surface area contributed by atoms with E-state index in [0.717, 1.165) is 11.3 Å². The molecule has 0 saturated heterocycles. The Hall–Kier alpha value is -1.62. The summed E-state index contributed by atoms with van der Waals surface area (Å²) in [6.07, 6.45) is 6.77. The minimum absolute atomic E-state index is 0.459. The van der Waals surface area contributed by atoms with Crippen LogP contribution in [0.1, 0.15) is 38.2 Å². The Kier molecular flexibility index (Phi) is 5.99. The van der Waals surface area contributed by atoms with Gasteiger partial charge in [0.15, 0.2) is 5.11 Å². The van der Waals surface area contributed by atoms with Gasteiger partial charge in [-0.15, -0.1) is 0 Å². The molecule has 2 rings (SSSR count). The monoisotopic (exact) mass is 305 g/mol. The largest absolute Gasteiger partial charge is 0.496 e. The first-order valence-electron chi connectivity index (χ1n) is 7.43. The smallest absolute Gasteiger partial charge is 0.187 e. The molecule has 2 atom stereocenters. The first kappa shape index (κ1) is 15.8. The minimum atomic E-state index is 0.459. The summed E-state index contributed by atoms with van der Waals surface area (Å²) >= 11 is 5.30. The lowest BCUT2D eigenvalue weighted by Gasteiger charge is -2.30. The number of benzene rings is 1. The minimum Gasteiger partial charge on any atom is -0.496 e. The number of methoxy groups -OCH3 is 1. The third-order valence-electron chi connectivity index (χ3n) is 3.94. The lowest BCUT2D eigenvalue weighted by atomic mass is 9.86. The second-order valence-corrected chi connectivity index (χ2v) is 5.86. The maximum Gasteiger partial charge on any atom is 0.187 e. The molecule has 2 N–H and O–H groups in total. The highest BCUT2D eigenvalue weighted by atomic mass is 32.1. The first-order chi connectivity index (χ1) is 10.2. The maximum absolute atomic E-state index is 5.30. The Balaban J connectivity index is 1.84. The van der Waals surface area contributed by atoms with Crippen molar-refractivity contribution >= 4 is 23.5 Å². The van der Waals surface area contributed by atoms with Crippen LogP contribution in [0.2, 0.25) is 0 Å². The van der Waals surface area contributed by atoms with E-state index in [2.05, 4.69) is 22.8 Å². The molecule has 114 valence electrons. The molecule has 1 aromatic carbocycles. The molecule has 0 aromatic heterocycles. The van der Waals surface area contributed by atoms with Gasteiger partial charge in [0, 0.05) is 11.6 Å². The summed E-state index contributed by atoms with van der Waals surface area (Å²) in [6.45, 7) is 2.28. The summed E-state index contributed by atoms with van der Waals surface area (Å²) in [5.74, 6) is 1.46. The predicted molar refractivity (Wildman–Crippen MR) is 90.9 cm³/mol. The number of nitrogens with one attached hydrogen (secondary N) is 2. The van der Waals surface area contributed by atoms with Crippen molar-refractivity contribution < 1.29 is 4.74 Å². The molecule has 0 heterocycles. The standard InChI is InChI=1S/C16H23N3OS/c1-12-7-3-5-9-14(12)18-16(21)19-17-11-13-8-4-6-10-15(13)20-2/h4,6,8,10-12,14H,3,5,7,9H2,1-2H3,(H2,18,19,21)/b17-11-/t12-,14+/m0/s1. The van der Waals surface area contributed by atoms with Crippen LogP contribution in [0.5, 0.6) is 5.75 Å². The van der Waals surface area contributed by atoms with E-state index in [1.165, 1.54) is 25.7 Å². The van der Waals surface area contributed by atoms with Crippen LogP contribution in [-0.2, 0) is 0 Å². The second kappa shape index (κ2) is 7.98. The number of rotatable bonds is 4. The molecule has 5 heteroatoms. The summed E-state index contributed by atoms with van der Waals surface area (Å²) in [5.41, 5.74) is 3.80. The van der Waals surface area contributed by atoms with E-state index in [-0.39, 0.29) is 0 Å². The number of hydrazone groups is 1. The van der Waals surface area contributed by atoms with Crippen LogP contribution in [0, 0.1) is 5.92 Å². The lowest BCUT2D eigenvalue weighted by molar-refractivity contribution is 0.308. The molecule has 1 fully saturated rings. The Morgan fingerprint density at radius 3 is 2.86 bits per heavy atom. The zero-order valence-electron chi connectivity index (χ0n) is 12.6. The van der Waals surface area contributed by atoms with E-state index in [1.54, 1.807) is 13.3 Å². The summed E-state index contributed by atoms with van der Waals surface area (Å²) in [5, 5.41) is 8.12. The molecule has 0 spiro atoms. The zero-order valence-corrected chi connectivity index (χ0v) is 13.5. The van der Waals surface area contributed by atoms with Crippen molar-refractivity contribution in [2.45, 2.75) is 38.6 Å². The predicted octanol–water partition coefficient (Wildman–Crippen LogP) is 3.07. The molecule has 21 heavy (non-hydrogen) atoms. The number of hydrogen-bond donors (Lipinski definition) is 2. The molecule has 1 aromatic rings. The van der Waals surface area contributed by atoms with E-state index >= 15 is 0 Å². The van der Waals surface area contributed by atoms with Crippen LogP contribution in [0.3, 0.4) is 0 Å². The van der Waals surface area contributed by atoms with E-state index in [9.17, 15) is 0 Å². The van der Waals surface area contributed by atoms with Gasteiger partial charge >= 0.3 is 0 Å². The molecular weight excluding hydrogens is 282 g/mol. The van der Waals surface area contributed by atoms with E-state index < -0.39 is 0 Å². The van der Waals surface area contributed by atoms with Crippen LogP contribution >= 0.6 is 12.2 Å². The van der Waals surface area contributed by atoms with Gasteiger partial charge in [0.25, 0.3) is 0 Å². The van der Waals surface area contributed by atoms with E-state index in [4.69, 9.17) is 17.0 Å². The van der Waals surface area contributed by atoms with Gasteiger partial charge in [-0.2, -0.15) is 5.10 Å². The third-order valence-corrected chi connectivity index (χ3v) is 4.15. The molecule has 1 saturated carbocycles. The highest BCUT2D eigenvalue weighted by Gasteiger charge is 2.21. The van der Waals surface area contributed by atoms with Gasteiger partial charge in [-0.05, 0) is 43.1 Å².